The van der Waals surface area contributed by atoms with Crippen LogP contribution in [0.2, 0.25) is 10.0 Å². The molecule has 0 spiro atoms. The Bertz CT molecular complexity index is 1090. The van der Waals surface area contributed by atoms with Crippen molar-refractivity contribution in [3.8, 4) is 0 Å². The highest BCUT2D eigenvalue weighted by Crippen LogP contribution is 2.36. The van der Waals surface area contributed by atoms with Gasteiger partial charge in [-0.3, -0.25) is 0 Å². The fraction of sp³-hybridized carbons (Fsp3) is 0.238. The zero-order valence-corrected chi connectivity index (χ0v) is 18.9. The van der Waals surface area contributed by atoms with E-state index in [9.17, 15) is 18.0 Å². The van der Waals surface area contributed by atoms with Gasteiger partial charge in [-0.05, 0) is 48.9 Å². The predicted octanol–water partition coefficient (Wildman–Crippen LogP) is 7.21. The molecule has 168 valence electrons. The van der Waals surface area contributed by atoms with Crippen LogP contribution in [0.5, 0.6) is 0 Å². The van der Waals surface area contributed by atoms with Crippen LogP contribution in [0, 0.1) is 0 Å². The lowest BCUT2D eigenvalue weighted by Gasteiger charge is -2.18. The van der Waals surface area contributed by atoms with Crippen LogP contribution in [-0.2, 0) is 15.7 Å². The van der Waals surface area contributed by atoms with Gasteiger partial charge in [0.15, 0.2) is 0 Å². The number of hydrogen-bond acceptors (Lipinski definition) is 5. The molecule has 0 aliphatic carbocycles. The second kappa shape index (κ2) is 10.5. The van der Waals surface area contributed by atoms with E-state index in [0.29, 0.717) is 10.6 Å². The largest absolute Gasteiger partial charge is 0.463 e. The highest BCUT2D eigenvalue weighted by Gasteiger charge is 2.31. The topological polar surface area (TPSA) is 63.4 Å². The van der Waals surface area contributed by atoms with Gasteiger partial charge >= 0.3 is 12.1 Å². The second-order valence-corrected chi connectivity index (χ2v) is 8.30. The first kappa shape index (κ1) is 24.3. The standard InChI is InChI=1S/C21H16Cl2F3N3O2S/c1-2-31-19(30)15(9-12-3-6-14(22)7-4-12)18-11-32-20(29-28-18)27-17-10-13(21(24,25)26)5-8-16(17)23/h3-10,18H,2,11H2,1H3. The molecule has 1 atom stereocenters. The Balaban J connectivity index is 1.87. The van der Waals surface area contributed by atoms with Crippen molar-refractivity contribution < 1.29 is 22.7 Å². The van der Waals surface area contributed by atoms with Crippen LogP contribution in [0.15, 0.2) is 63.3 Å². The zero-order chi connectivity index (χ0) is 23.3. The Kier molecular flexibility index (Phi) is 7.97. The molecule has 2 aromatic rings. The quantitative estimate of drug-likeness (QED) is 0.321. The van der Waals surface area contributed by atoms with Crippen molar-refractivity contribution in [1.29, 1.82) is 0 Å². The molecule has 11 heteroatoms. The molecule has 0 saturated carbocycles. The Hall–Kier alpha value is -2.36. The molecule has 0 bridgehead atoms. The van der Waals surface area contributed by atoms with Crippen molar-refractivity contribution in [2.45, 2.75) is 19.1 Å². The molecular weight excluding hydrogens is 486 g/mol. The summed E-state index contributed by atoms with van der Waals surface area (Å²) in [6, 6.07) is 9.12. The molecule has 0 saturated heterocycles. The normalized spacial score (nSPS) is 18.1. The van der Waals surface area contributed by atoms with Crippen molar-refractivity contribution in [2.24, 2.45) is 15.2 Å². The number of benzene rings is 2. The van der Waals surface area contributed by atoms with Gasteiger partial charge in [0, 0.05) is 10.8 Å². The summed E-state index contributed by atoms with van der Waals surface area (Å²) in [4.78, 5) is 16.6. The molecule has 1 unspecified atom stereocenters. The van der Waals surface area contributed by atoms with Gasteiger partial charge in [-0.15, -0.1) is 5.11 Å². The summed E-state index contributed by atoms with van der Waals surface area (Å²) in [6.07, 6.45) is -2.88. The number of aliphatic imine (C=N–C) groups is 1. The number of ether oxygens (including phenoxy) is 1. The van der Waals surface area contributed by atoms with Gasteiger partial charge in [0.05, 0.1) is 28.5 Å². The Morgan fingerprint density at radius 1 is 1.25 bits per heavy atom. The average Bonchev–Trinajstić information content (AvgIpc) is 2.75. The van der Waals surface area contributed by atoms with Crippen LogP contribution in [0.1, 0.15) is 18.1 Å². The highest BCUT2D eigenvalue weighted by atomic mass is 35.5. The van der Waals surface area contributed by atoms with Crippen molar-refractivity contribution in [1.82, 2.24) is 0 Å². The number of carbonyl (C=O) groups is 1. The molecule has 1 aliphatic heterocycles. The second-order valence-electron chi connectivity index (χ2n) is 6.47. The van der Waals surface area contributed by atoms with Crippen LogP contribution < -0.4 is 0 Å². The fourth-order valence-electron chi connectivity index (χ4n) is 2.66. The number of alkyl halides is 3. The number of esters is 1. The number of hydrogen-bond donors (Lipinski definition) is 0. The first-order chi connectivity index (χ1) is 15.2. The highest BCUT2D eigenvalue weighted by molar-refractivity contribution is 8.14. The van der Waals surface area contributed by atoms with E-state index in [1.54, 1.807) is 37.3 Å². The SMILES string of the molecule is CCOC(=O)C(=Cc1ccc(Cl)cc1)C1CSC(=Nc2cc(C(F)(F)F)ccc2Cl)N=N1. The maximum absolute atomic E-state index is 13.0. The lowest BCUT2D eigenvalue weighted by atomic mass is 10.1. The van der Waals surface area contributed by atoms with Crippen LogP contribution in [0.3, 0.4) is 0 Å². The Morgan fingerprint density at radius 2 is 1.97 bits per heavy atom. The Morgan fingerprint density at radius 3 is 2.56 bits per heavy atom. The molecule has 32 heavy (non-hydrogen) atoms. The third-order valence-corrected chi connectivity index (χ3v) is 5.69. The number of halogens is 5. The van der Waals surface area contributed by atoms with E-state index in [4.69, 9.17) is 27.9 Å². The van der Waals surface area contributed by atoms with E-state index >= 15 is 0 Å². The van der Waals surface area contributed by atoms with Gasteiger partial charge in [0.1, 0.15) is 6.04 Å². The number of nitrogens with zero attached hydrogens (tertiary/aromatic N) is 3. The van der Waals surface area contributed by atoms with Crippen molar-refractivity contribution in [3.63, 3.8) is 0 Å². The predicted molar refractivity (Wildman–Crippen MR) is 121 cm³/mol. The van der Waals surface area contributed by atoms with E-state index in [2.05, 4.69) is 15.2 Å². The minimum absolute atomic E-state index is 0.0540. The van der Waals surface area contributed by atoms with Gasteiger partial charge < -0.3 is 4.74 Å². The summed E-state index contributed by atoms with van der Waals surface area (Å²) in [5, 5.41) is 8.87. The van der Waals surface area contributed by atoms with Crippen molar-refractivity contribution >= 4 is 57.9 Å². The molecule has 1 aliphatic rings. The lowest BCUT2D eigenvalue weighted by Crippen LogP contribution is -2.23. The van der Waals surface area contributed by atoms with E-state index in [1.165, 1.54) is 0 Å². The van der Waals surface area contributed by atoms with Crippen LogP contribution >= 0.6 is 35.0 Å². The maximum atomic E-state index is 13.0. The number of amidine groups is 1. The molecule has 5 nitrogen and oxygen atoms in total. The number of thioether (sulfide) groups is 1. The van der Waals surface area contributed by atoms with E-state index in [-0.39, 0.29) is 28.2 Å². The molecular formula is C21H16Cl2F3N3O2S. The van der Waals surface area contributed by atoms with Gasteiger partial charge in [0.2, 0.25) is 5.17 Å². The zero-order valence-electron chi connectivity index (χ0n) is 16.6. The molecule has 0 N–H and O–H groups in total. The number of azo groups is 1. The molecule has 3 rings (SSSR count). The van der Waals surface area contributed by atoms with Gasteiger partial charge in [-0.1, -0.05) is 47.1 Å². The summed E-state index contributed by atoms with van der Waals surface area (Å²) in [7, 11) is 0. The Labute approximate surface area is 196 Å². The third kappa shape index (κ3) is 6.34. The van der Waals surface area contributed by atoms with Crippen molar-refractivity contribution in [2.75, 3.05) is 12.4 Å². The minimum atomic E-state index is -4.52. The fourth-order valence-corrected chi connectivity index (χ4v) is 3.77. The molecule has 0 amide bonds. The first-order valence-electron chi connectivity index (χ1n) is 9.30. The van der Waals surface area contributed by atoms with Crippen LogP contribution in [0.4, 0.5) is 18.9 Å². The van der Waals surface area contributed by atoms with Gasteiger partial charge in [-0.25, -0.2) is 9.79 Å². The molecule has 0 radical (unpaired) electrons. The summed E-state index contributed by atoms with van der Waals surface area (Å²) >= 11 is 13.0. The molecule has 1 heterocycles. The minimum Gasteiger partial charge on any atom is -0.463 e. The van der Waals surface area contributed by atoms with E-state index < -0.39 is 23.8 Å². The van der Waals surface area contributed by atoms with Crippen LogP contribution in [-0.4, -0.2) is 29.5 Å². The molecule has 0 aromatic heterocycles. The lowest BCUT2D eigenvalue weighted by molar-refractivity contribution is -0.139. The molecule has 0 fully saturated rings. The summed E-state index contributed by atoms with van der Waals surface area (Å²) in [6.45, 7) is 1.88. The third-order valence-electron chi connectivity index (χ3n) is 4.20. The van der Waals surface area contributed by atoms with Crippen LogP contribution in [0.25, 0.3) is 6.08 Å². The maximum Gasteiger partial charge on any atom is 0.416 e. The summed E-state index contributed by atoms with van der Waals surface area (Å²) < 4.78 is 44.0. The molecule has 2 aromatic carbocycles. The summed E-state index contributed by atoms with van der Waals surface area (Å²) in [5.41, 5.74) is 0.0884. The van der Waals surface area contributed by atoms with Crippen molar-refractivity contribution in [3.05, 3.63) is 69.2 Å². The number of carbonyl (C=O) groups excluding carboxylic acids is 1. The summed E-state index contributed by atoms with van der Waals surface area (Å²) in [5.74, 6) is -0.245. The first-order valence-corrected chi connectivity index (χ1v) is 11.0. The van der Waals surface area contributed by atoms with Gasteiger partial charge in [0.25, 0.3) is 0 Å². The monoisotopic (exact) mass is 501 g/mol. The van der Waals surface area contributed by atoms with E-state index in [0.717, 1.165) is 35.5 Å². The number of rotatable bonds is 5. The van der Waals surface area contributed by atoms with E-state index in [1.807, 2.05) is 0 Å². The average molecular weight is 502 g/mol. The van der Waals surface area contributed by atoms with Gasteiger partial charge in [-0.2, -0.15) is 18.3 Å². The smallest absolute Gasteiger partial charge is 0.416 e.